The molecule has 1 fully saturated rings. The van der Waals surface area contributed by atoms with E-state index in [1.807, 2.05) is 6.92 Å². The summed E-state index contributed by atoms with van der Waals surface area (Å²) in [6.07, 6.45) is 3.47. The van der Waals surface area contributed by atoms with Crippen molar-refractivity contribution in [3.05, 3.63) is 46.7 Å². The third kappa shape index (κ3) is 4.21. The van der Waals surface area contributed by atoms with Gasteiger partial charge < -0.3 is 10.2 Å². The van der Waals surface area contributed by atoms with E-state index in [-0.39, 0.29) is 11.9 Å². The highest BCUT2D eigenvalue weighted by Crippen LogP contribution is 2.30. The molecule has 8 heteroatoms. The Morgan fingerprint density at radius 2 is 1.68 bits per heavy atom. The largest absolute Gasteiger partial charge is 0.338 e. The van der Waals surface area contributed by atoms with Gasteiger partial charge in [-0.15, -0.1) is 0 Å². The van der Waals surface area contributed by atoms with Crippen LogP contribution in [0, 0.1) is 0 Å². The summed E-state index contributed by atoms with van der Waals surface area (Å²) in [6, 6.07) is 6.66. The number of piperazine rings is 1. The molecule has 0 saturated carbocycles. The molecule has 1 aromatic heterocycles. The lowest BCUT2D eigenvalue weighted by molar-refractivity contribution is -0.120. The Bertz CT molecular complexity index is 715. The number of nitrogens with one attached hydrogen (secondary N) is 1. The first-order valence-electron chi connectivity index (χ1n) is 8.07. The van der Waals surface area contributed by atoms with E-state index >= 15 is 0 Å². The van der Waals surface area contributed by atoms with E-state index in [0.29, 0.717) is 15.7 Å². The minimum Gasteiger partial charge on any atom is -0.338 e. The molecule has 1 aliphatic heterocycles. The Morgan fingerprint density at radius 3 is 2.28 bits per heavy atom. The van der Waals surface area contributed by atoms with Gasteiger partial charge in [-0.3, -0.25) is 9.69 Å². The van der Waals surface area contributed by atoms with Crippen molar-refractivity contribution in [2.75, 3.05) is 36.4 Å². The quantitative estimate of drug-likeness (QED) is 0.884. The Labute approximate surface area is 156 Å². The van der Waals surface area contributed by atoms with Crippen LogP contribution in [-0.2, 0) is 4.79 Å². The van der Waals surface area contributed by atoms with E-state index < -0.39 is 0 Å². The van der Waals surface area contributed by atoms with Crippen molar-refractivity contribution >= 4 is 40.7 Å². The van der Waals surface area contributed by atoms with Crippen LogP contribution in [0.1, 0.15) is 6.92 Å². The second-order valence-electron chi connectivity index (χ2n) is 5.83. The first-order chi connectivity index (χ1) is 12.1. The number of para-hydroxylation sites is 1. The van der Waals surface area contributed by atoms with Gasteiger partial charge in [-0.1, -0.05) is 29.3 Å². The number of nitrogens with zero attached hydrogens (tertiary/aromatic N) is 4. The summed E-state index contributed by atoms with van der Waals surface area (Å²) in [7, 11) is 0. The molecule has 0 unspecified atom stereocenters. The minimum atomic E-state index is -0.286. The van der Waals surface area contributed by atoms with Crippen LogP contribution in [0.3, 0.4) is 0 Å². The van der Waals surface area contributed by atoms with Crippen molar-refractivity contribution in [1.82, 2.24) is 14.9 Å². The molecular weight excluding hydrogens is 361 g/mol. The molecule has 0 radical (unpaired) electrons. The number of aromatic nitrogens is 2. The molecule has 0 spiro atoms. The normalized spacial score (nSPS) is 16.5. The van der Waals surface area contributed by atoms with E-state index in [1.165, 1.54) is 0 Å². The van der Waals surface area contributed by atoms with Crippen LogP contribution >= 0.6 is 23.2 Å². The number of benzene rings is 1. The van der Waals surface area contributed by atoms with Crippen molar-refractivity contribution in [1.29, 1.82) is 0 Å². The highest BCUT2D eigenvalue weighted by Gasteiger charge is 2.27. The molecule has 25 heavy (non-hydrogen) atoms. The fourth-order valence-electron chi connectivity index (χ4n) is 2.77. The van der Waals surface area contributed by atoms with Gasteiger partial charge >= 0.3 is 0 Å². The maximum absolute atomic E-state index is 12.6. The fraction of sp³-hybridized carbons (Fsp3) is 0.353. The zero-order valence-electron chi connectivity index (χ0n) is 13.8. The summed E-state index contributed by atoms with van der Waals surface area (Å²) in [6.45, 7) is 4.93. The SMILES string of the molecule is C[C@H](C(=O)Nc1c(Cl)cccc1Cl)N1CCN(c2ncccn2)CC1. The molecule has 1 amide bonds. The van der Waals surface area contributed by atoms with E-state index in [0.717, 1.165) is 32.1 Å². The lowest BCUT2D eigenvalue weighted by Gasteiger charge is -2.37. The summed E-state index contributed by atoms with van der Waals surface area (Å²) in [5.41, 5.74) is 0.457. The summed E-state index contributed by atoms with van der Waals surface area (Å²) >= 11 is 12.2. The first kappa shape index (κ1) is 17.9. The average molecular weight is 380 g/mol. The molecule has 132 valence electrons. The van der Waals surface area contributed by atoms with Crippen LogP contribution in [0.4, 0.5) is 11.6 Å². The van der Waals surface area contributed by atoms with E-state index in [1.54, 1.807) is 36.7 Å². The Balaban J connectivity index is 1.59. The molecule has 0 aliphatic carbocycles. The zero-order chi connectivity index (χ0) is 17.8. The van der Waals surface area contributed by atoms with Crippen molar-refractivity contribution in [3.8, 4) is 0 Å². The predicted molar refractivity (Wildman–Crippen MR) is 100 cm³/mol. The summed E-state index contributed by atoms with van der Waals surface area (Å²) in [4.78, 5) is 25.3. The molecule has 1 atom stereocenters. The maximum atomic E-state index is 12.6. The summed E-state index contributed by atoms with van der Waals surface area (Å²) < 4.78 is 0. The number of rotatable bonds is 4. The van der Waals surface area contributed by atoms with Crippen LogP contribution in [0.15, 0.2) is 36.7 Å². The lowest BCUT2D eigenvalue weighted by Crippen LogP contribution is -2.53. The molecule has 2 heterocycles. The Hall–Kier alpha value is -1.89. The van der Waals surface area contributed by atoms with Crippen molar-refractivity contribution in [3.63, 3.8) is 0 Å². The minimum absolute atomic E-state index is 0.126. The standard InChI is InChI=1S/C17H19Cl2N5O/c1-12(16(25)22-15-13(18)4-2-5-14(15)19)23-8-10-24(11-9-23)17-20-6-3-7-21-17/h2-7,12H,8-11H2,1H3,(H,22,25)/t12-/m1/s1. The molecule has 1 saturated heterocycles. The highest BCUT2D eigenvalue weighted by molar-refractivity contribution is 6.39. The van der Waals surface area contributed by atoms with Gasteiger partial charge in [0, 0.05) is 38.6 Å². The van der Waals surface area contributed by atoms with E-state index in [2.05, 4.69) is 25.1 Å². The third-order valence-electron chi connectivity index (χ3n) is 4.29. The van der Waals surface area contributed by atoms with Crippen molar-refractivity contribution < 1.29 is 4.79 Å². The fourth-order valence-corrected chi connectivity index (χ4v) is 3.27. The van der Waals surface area contributed by atoms with Crippen molar-refractivity contribution in [2.24, 2.45) is 0 Å². The number of halogens is 2. The summed E-state index contributed by atoms with van der Waals surface area (Å²) in [5.74, 6) is 0.599. The monoisotopic (exact) mass is 379 g/mol. The van der Waals surface area contributed by atoms with E-state index in [9.17, 15) is 4.79 Å². The molecule has 3 rings (SSSR count). The van der Waals surface area contributed by atoms with Gasteiger partial charge in [0.15, 0.2) is 0 Å². The maximum Gasteiger partial charge on any atom is 0.241 e. The van der Waals surface area contributed by atoms with Gasteiger partial charge in [0.05, 0.1) is 21.8 Å². The Kier molecular flexibility index (Phi) is 5.73. The first-order valence-corrected chi connectivity index (χ1v) is 8.83. The number of amides is 1. The number of anilines is 2. The van der Waals surface area contributed by atoms with E-state index in [4.69, 9.17) is 23.2 Å². The number of carbonyl (C=O) groups excluding carboxylic acids is 1. The van der Waals surface area contributed by atoms with Crippen LogP contribution < -0.4 is 10.2 Å². The van der Waals surface area contributed by atoms with Gasteiger partial charge in [0.2, 0.25) is 11.9 Å². The average Bonchev–Trinajstić information content (AvgIpc) is 2.65. The predicted octanol–water partition coefficient (Wildman–Crippen LogP) is 2.93. The van der Waals surface area contributed by atoms with Crippen LogP contribution in [0.25, 0.3) is 0 Å². The molecule has 6 nitrogen and oxygen atoms in total. The number of carbonyl (C=O) groups is 1. The Morgan fingerprint density at radius 1 is 1.08 bits per heavy atom. The molecule has 2 aromatic rings. The molecule has 1 aliphatic rings. The topological polar surface area (TPSA) is 61.4 Å². The summed E-state index contributed by atoms with van der Waals surface area (Å²) in [5, 5.41) is 3.70. The van der Waals surface area contributed by atoms with Crippen LogP contribution in [-0.4, -0.2) is 53.0 Å². The van der Waals surface area contributed by atoms with Gasteiger partial charge in [0.25, 0.3) is 0 Å². The molecule has 0 bridgehead atoms. The number of hydrogen-bond donors (Lipinski definition) is 1. The smallest absolute Gasteiger partial charge is 0.241 e. The van der Waals surface area contributed by atoms with Gasteiger partial charge in [-0.2, -0.15) is 0 Å². The van der Waals surface area contributed by atoms with Gasteiger partial charge in [-0.05, 0) is 25.1 Å². The van der Waals surface area contributed by atoms with Crippen LogP contribution in [0.5, 0.6) is 0 Å². The second-order valence-corrected chi connectivity index (χ2v) is 6.65. The van der Waals surface area contributed by atoms with Gasteiger partial charge in [0.1, 0.15) is 0 Å². The molecule has 1 aromatic carbocycles. The molecule has 1 N–H and O–H groups in total. The third-order valence-corrected chi connectivity index (χ3v) is 4.92. The lowest BCUT2D eigenvalue weighted by atomic mass is 10.2. The second kappa shape index (κ2) is 7.99. The highest BCUT2D eigenvalue weighted by atomic mass is 35.5. The zero-order valence-corrected chi connectivity index (χ0v) is 15.3. The molecular formula is C17H19Cl2N5O. The van der Waals surface area contributed by atoms with Crippen LogP contribution in [0.2, 0.25) is 10.0 Å². The van der Waals surface area contributed by atoms with Crippen molar-refractivity contribution in [2.45, 2.75) is 13.0 Å². The van der Waals surface area contributed by atoms with Gasteiger partial charge in [-0.25, -0.2) is 9.97 Å². The number of hydrogen-bond acceptors (Lipinski definition) is 5.